The van der Waals surface area contributed by atoms with Crippen LogP contribution in [-0.4, -0.2) is 18.7 Å². The van der Waals surface area contributed by atoms with Crippen LogP contribution in [0.1, 0.15) is 33.1 Å². The molecule has 2 atom stereocenters. The molecule has 0 spiro atoms. The van der Waals surface area contributed by atoms with Gasteiger partial charge in [0.2, 0.25) is 0 Å². The van der Waals surface area contributed by atoms with Gasteiger partial charge in [-0.3, -0.25) is 0 Å². The van der Waals surface area contributed by atoms with Gasteiger partial charge >= 0.3 is 5.97 Å². The van der Waals surface area contributed by atoms with Crippen LogP contribution in [0.15, 0.2) is 24.3 Å². The van der Waals surface area contributed by atoms with E-state index in [0.29, 0.717) is 23.3 Å². The Labute approximate surface area is 120 Å². The number of anilines is 1. The van der Waals surface area contributed by atoms with Crippen molar-refractivity contribution in [2.45, 2.75) is 39.2 Å². The second-order valence-corrected chi connectivity index (χ2v) is 5.89. The lowest BCUT2D eigenvalue weighted by atomic mass is 9.82. The molecule has 1 aromatic rings. The van der Waals surface area contributed by atoms with Crippen molar-refractivity contribution < 1.29 is 14.3 Å². The molecule has 20 heavy (non-hydrogen) atoms. The van der Waals surface area contributed by atoms with Gasteiger partial charge < -0.3 is 15.2 Å². The van der Waals surface area contributed by atoms with E-state index in [-0.39, 0.29) is 18.7 Å². The fraction of sp³-hybridized carbons (Fsp3) is 0.562. The number of benzene rings is 1. The van der Waals surface area contributed by atoms with Crippen LogP contribution in [0.5, 0.6) is 5.75 Å². The van der Waals surface area contributed by atoms with Gasteiger partial charge in [-0.05, 0) is 55.4 Å². The molecule has 0 radical (unpaired) electrons. The van der Waals surface area contributed by atoms with Crippen LogP contribution in [0.25, 0.3) is 0 Å². The zero-order valence-corrected chi connectivity index (χ0v) is 12.2. The van der Waals surface area contributed by atoms with E-state index in [1.54, 1.807) is 24.3 Å². The molecule has 2 N–H and O–H groups in total. The Hall–Kier alpha value is -1.71. The highest BCUT2D eigenvalue weighted by molar-refractivity contribution is 5.71. The summed E-state index contributed by atoms with van der Waals surface area (Å²) in [5.74, 6) is 1.57. The first kappa shape index (κ1) is 14.7. The molecule has 2 unspecified atom stereocenters. The van der Waals surface area contributed by atoms with Crippen LogP contribution in [0.4, 0.5) is 5.69 Å². The van der Waals surface area contributed by atoms with Crippen molar-refractivity contribution in [3.05, 3.63) is 24.3 Å². The van der Waals surface area contributed by atoms with Crippen LogP contribution < -0.4 is 10.5 Å². The highest BCUT2D eigenvalue weighted by atomic mass is 16.6. The fourth-order valence-electron chi connectivity index (χ4n) is 2.90. The van der Waals surface area contributed by atoms with Crippen LogP contribution in [0.2, 0.25) is 0 Å². The Bertz CT molecular complexity index is 434. The highest BCUT2D eigenvalue weighted by Gasteiger charge is 2.26. The Morgan fingerprint density at radius 3 is 2.35 bits per heavy atom. The van der Waals surface area contributed by atoms with Gasteiger partial charge in [0.1, 0.15) is 11.9 Å². The normalized spacial score (nSPS) is 26.0. The standard InChI is InChI=1S/C16H23NO3/c1-11-7-12(2)9-15(8-11)20-16(18)10-19-14-5-3-13(17)4-6-14/h3-6,11-12,15H,7-10,17H2,1-2H3. The minimum absolute atomic E-state index is 0.0382. The molecule has 1 aliphatic rings. The average Bonchev–Trinajstić information content (AvgIpc) is 2.37. The third kappa shape index (κ3) is 4.44. The second kappa shape index (κ2) is 6.64. The average molecular weight is 277 g/mol. The van der Waals surface area contributed by atoms with Gasteiger partial charge in [0.05, 0.1) is 0 Å². The monoisotopic (exact) mass is 277 g/mol. The largest absolute Gasteiger partial charge is 0.482 e. The van der Waals surface area contributed by atoms with Gasteiger partial charge in [-0.15, -0.1) is 0 Å². The van der Waals surface area contributed by atoms with Crippen molar-refractivity contribution in [2.24, 2.45) is 11.8 Å². The molecule has 0 heterocycles. The summed E-state index contributed by atoms with van der Waals surface area (Å²) in [6.07, 6.45) is 3.17. The summed E-state index contributed by atoms with van der Waals surface area (Å²) in [5, 5.41) is 0. The summed E-state index contributed by atoms with van der Waals surface area (Å²) in [6.45, 7) is 4.37. The SMILES string of the molecule is CC1CC(C)CC(OC(=O)COc2ccc(N)cc2)C1. The third-order valence-corrected chi connectivity index (χ3v) is 3.67. The summed E-state index contributed by atoms with van der Waals surface area (Å²) in [5.41, 5.74) is 6.26. The van der Waals surface area contributed by atoms with Crippen molar-refractivity contribution in [1.29, 1.82) is 0 Å². The first-order chi connectivity index (χ1) is 9.52. The van der Waals surface area contributed by atoms with E-state index in [9.17, 15) is 4.79 Å². The van der Waals surface area contributed by atoms with E-state index >= 15 is 0 Å². The number of nitrogen functional groups attached to an aromatic ring is 1. The van der Waals surface area contributed by atoms with Crippen molar-refractivity contribution in [3.63, 3.8) is 0 Å². The van der Waals surface area contributed by atoms with Gasteiger partial charge in [-0.1, -0.05) is 13.8 Å². The molecule has 0 aromatic heterocycles. The minimum Gasteiger partial charge on any atom is -0.482 e. The number of carbonyl (C=O) groups is 1. The van der Waals surface area contributed by atoms with E-state index in [0.717, 1.165) is 12.8 Å². The Balaban J connectivity index is 1.76. The number of rotatable bonds is 4. The zero-order chi connectivity index (χ0) is 14.5. The maximum absolute atomic E-state index is 11.8. The summed E-state index contributed by atoms with van der Waals surface area (Å²) in [7, 11) is 0. The van der Waals surface area contributed by atoms with Gasteiger partial charge in [0, 0.05) is 5.69 Å². The first-order valence-corrected chi connectivity index (χ1v) is 7.20. The second-order valence-electron chi connectivity index (χ2n) is 5.89. The molecule has 1 aromatic carbocycles. The van der Waals surface area contributed by atoms with Crippen LogP contribution in [0, 0.1) is 11.8 Å². The number of esters is 1. The van der Waals surface area contributed by atoms with Crippen molar-refractivity contribution in [3.8, 4) is 5.75 Å². The van der Waals surface area contributed by atoms with Crippen LogP contribution in [-0.2, 0) is 9.53 Å². The molecule has 4 heteroatoms. The maximum Gasteiger partial charge on any atom is 0.344 e. The lowest BCUT2D eigenvalue weighted by molar-refractivity contribution is -0.154. The molecule has 1 fully saturated rings. The number of carbonyl (C=O) groups excluding carboxylic acids is 1. The Morgan fingerprint density at radius 2 is 1.75 bits per heavy atom. The Kier molecular flexibility index (Phi) is 4.88. The predicted molar refractivity (Wildman–Crippen MR) is 78.4 cm³/mol. The summed E-state index contributed by atoms with van der Waals surface area (Å²) in [6, 6.07) is 6.97. The molecule has 0 bridgehead atoms. The first-order valence-electron chi connectivity index (χ1n) is 7.20. The van der Waals surface area contributed by atoms with E-state index in [2.05, 4.69) is 13.8 Å². The molecule has 0 aliphatic heterocycles. The molecule has 0 saturated heterocycles. The maximum atomic E-state index is 11.8. The van der Waals surface area contributed by atoms with E-state index in [4.69, 9.17) is 15.2 Å². The number of hydrogen-bond donors (Lipinski definition) is 1. The third-order valence-electron chi connectivity index (χ3n) is 3.67. The van der Waals surface area contributed by atoms with Crippen LogP contribution in [0.3, 0.4) is 0 Å². The van der Waals surface area contributed by atoms with Crippen molar-refractivity contribution >= 4 is 11.7 Å². The lowest BCUT2D eigenvalue weighted by Gasteiger charge is -2.30. The highest BCUT2D eigenvalue weighted by Crippen LogP contribution is 2.30. The van der Waals surface area contributed by atoms with Crippen molar-refractivity contribution in [1.82, 2.24) is 0 Å². The molecule has 2 rings (SSSR count). The summed E-state index contributed by atoms with van der Waals surface area (Å²) < 4.78 is 10.9. The molecule has 1 saturated carbocycles. The van der Waals surface area contributed by atoms with Crippen LogP contribution >= 0.6 is 0 Å². The van der Waals surface area contributed by atoms with Gasteiger partial charge in [-0.2, -0.15) is 0 Å². The van der Waals surface area contributed by atoms with Gasteiger partial charge in [0.15, 0.2) is 6.61 Å². The molecule has 110 valence electrons. The summed E-state index contributed by atoms with van der Waals surface area (Å²) >= 11 is 0. The summed E-state index contributed by atoms with van der Waals surface area (Å²) in [4.78, 5) is 11.8. The number of hydrogen-bond acceptors (Lipinski definition) is 4. The quantitative estimate of drug-likeness (QED) is 0.679. The molecular weight excluding hydrogens is 254 g/mol. The van der Waals surface area contributed by atoms with Crippen molar-refractivity contribution in [2.75, 3.05) is 12.3 Å². The molecule has 4 nitrogen and oxygen atoms in total. The molecular formula is C16H23NO3. The smallest absolute Gasteiger partial charge is 0.344 e. The fourth-order valence-corrected chi connectivity index (χ4v) is 2.90. The topological polar surface area (TPSA) is 61.5 Å². The number of ether oxygens (including phenoxy) is 2. The molecule has 0 amide bonds. The lowest BCUT2D eigenvalue weighted by Crippen LogP contribution is -2.30. The predicted octanol–water partition coefficient (Wildman–Crippen LogP) is 3.02. The van der Waals surface area contributed by atoms with E-state index in [1.165, 1.54) is 6.42 Å². The minimum atomic E-state index is -0.298. The van der Waals surface area contributed by atoms with Gasteiger partial charge in [-0.25, -0.2) is 4.79 Å². The van der Waals surface area contributed by atoms with Gasteiger partial charge in [0.25, 0.3) is 0 Å². The van der Waals surface area contributed by atoms with E-state index in [1.807, 2.05) is 0 Å². The number of nitrogens with two attached hydrogens (primary N) is 1. The molecule has 1 aliphatic carbocycles. The van der Waals surface area contributed by atoms with E-state index < -0.39 is 0 Å². The zero-order valence-electron chi connectivity index (χ0n) is 12.2. The Morgan fingerprint density at radius 1 is 1.15 bits per heavy atom.